The van der Waals surface area contributed by atoms with Crippen LogP contribution in [0, 0.1) is 0 Å². The van der Waals surface area contributed by atoms with Crippen LogP contribution < -0.4 is 16.4 Å². The lowest BCUT2D eigenvalue weighted by Gasteiger charge is -2.09. The van der Waals surface area contributed by atoms with Crippen LogP contribution in [0.1, 0.15) is 26.4 Å². The summed E-state index contributed by atoms with van der Waals surface area (Å²) >= 11 is 0. The molecule has 0 aliphatic carbocycles. The van der Waals surface area contributed by atoms with Gasteiger partial charge in [0.2, 0.25) is 0 Å². The maximum Gasteiger partial charge on any atom is 0.290 e. The third kappa shape index (κ3) is 3.60. The van der Waals surface area contributed by atoms with Crippen LogP contribution >= 0.6 is 0 Å². The number of nitrogens with one attached hydrogen (secondary N) is 3. The van der Waals surface area contributed by atoms with E-state index in [0.717, 1.165) is 5.56 Å². The maximum absolute atomic E-state index is 12.3. The Bertz CT molecular complexity index is 1030. The van der Waals surface area contributed by atoms with Gasteiger partial charge >= 0.3 is 0 Å². The predicted molar refractivity (Wildman–Crippen MR) is 94.5 cm³/mol. The fourth-order valence-corrected chi connectivity index (χ4v) is 2.50. The van der Waals surface area contributed by atoms with Gasteiger partial charge in [0.25, 0.3) is 17.4 Å². The molecule has 0 fully saturated rings. The van der Waals surface area contributed by atoms with Crippen molar-refractivity contribution in [2.24, 2.45) is 0 Å². The second-order valence-electron chi connectivity index (χ2n) is 5.49. The number of H-pyrrole nitrogens is 1. The van der Waals surface area contributed by atoms with Crippen molar-refractivity contribution in [3.05, 3.63) is 75.7 Å². The van der Waals surface area contributed by atoms with Gasteiger partial charge in [-0.25, -0.2) is 5.10 Å². The molecule has 3 aromatic rings. The molecule has 2 aromatic carbocycles. The van der Waals surface area contributed by atoms with Crippen molar-refractivity contribution in [3.63, 3.8) is 0 Å². The molecule has 0 saturated heterocycles. The highest BCUT2D eigenvalue weighted by Gasteiger charge is 2.15. The van der Waals surface area contributed by atoms with Crippen molar-refractivity contribution < 1.29 is 14.3 Å². The molecule has 3 N–H and O–H groups in total. The number of benzene rings is 2. The molecule has 26 heavy (non-hydrogen) atoms. The lowest BCUT2D eigenvalue weighted by Crippen LogP contribution is -2.42. The number of rotatable bonds is 4. The standard InChI is InChI=1S/C18H16N4O4/c1-26-10-11-5-4-6-12(9-11)16(23)20-22-18(25)15-13-7-2-3-8-14(13)17(24)21-19-15/h2-9H,10H2,1H3,(H,20,23)(H,21,24)(H,22,25). The summed E-state index contributed by atoms with van der Waals surface area (Å²) < 4.78 is 5.03. The molecule has 0 spiro atoms. The normalized spacial score (nSPS) is 10.5. The average Bonchev–Trinajstić information content (AvgIpc) is 2.67. The van der Waals surface area contributed by atoms with Gasteiger partial charge < -0.3 is 4.74 Å². The number of amides is 2. The van der Waals surface area contributed by atoms with Gasteiger partial charge in [0.1, 0.15) is 0 Å². The molecule has 1 aromatic heterocycles. The van der Waals surface area contributed by atoms with E-state index in [0.29, 0.717) is 22.9 Å². The zero-order valence-corrected chi connectivity index (χ0v) is 13.9. The van der Waals surface area contributed by atoms with Gasteiger partial charge in [0, 0.05) is 18.1 Å². The first-order chi connectivity index (χ1) is 12.6. The van der Waals surface area contributed by atoms with Crippen LogP contribution in [0.4, 0.5) is 0 Å². The molecule has 132 valence electrons. The summed E-state index contributed by atoms with van der Waals surface area (Å²) in [5.41, 5.74) is 5.46. The van der Waals surface area contributed by atoms with E-state index >= 15 is 0 Å². The summed E-state index contributed by atoms with van der Waals surface area (Å²) in [7, 11) is 1.56. The largest absolute Gasteiger partial charge is 0.380 e. The minimum absolute atomic E-state index is 0.00799. The third-order valence-electron chi connectivity index (χ3n) is 3.70. The van der Waals surface area contributed by atoms with Gasteiger partial charge in [-0.3, -0.25) is 25.2 Å². The number of methoxy groups -OCH3 is 1. The van der Waals surface area contributed by atoms with E-state index < -0.39 is 17.4 Å². The Morgan fingerprint density at radius 1 is 1.04 bits per heavy atom. The lowest BCUT2D eigenvalue weighted by molar-refractivity contribution is 0.0844. The second-order valence-corrected chi connectivity index (χ2v) is 5.49. The Labute approximate surface area is 148 Å². The quantitative estimate of drug-likeness (QED) is 0.610. The van der Waals surface area contributed by atoms with Crippen LogP contribution in [0.5, 0.6) is 0 Å². The maximum atomic E-state index is 12.3. The smallest absolute Gasteiger partial charge is 0.290 e. The topological polar surface area (TPSA) is 113 Å². The summed E-state index contributed by atoms with van der Waals surface area (Å²) in [5.74, 6) is -1.12. The number of carbonyl (C=O) groups excluding carboxylic acids is 2. The molecule has 0 bridgehead atoms. The van der Waals surface area contributed by atoms with Gasteiger partial charge in [0.15, 0.2) is 5.69 Å². The number of fused-ring (bicyclic) bond motifs is 1. The van der Waals surface area contributed by atoms with Crippen LogP contribution in [-0.4, -0.2) is 29.1 Å². The SMILES string of the molecule is COCc1cccc(C(=O)NNC(=O)c2n[nH]c(=O)c3ccccc23)c1. The molecule has 0 atom stereocenters. The first-order valence-electron chi connectivity index (χ1n) is 7.76. The van der Waals surface area contributed by atoms with E-state index in [1.165, 1.54) is 0 Å². The molecule has 0 unspecified atom stereocenters. The highest BCUT2D eigenvalue weighted by Crippen LogP contribution is 2.12. The Balaban J connectivity index is 1.75. The monoisotopic (exact) mass is 352 g/mol. The number of hydrazine groups is 1. The molecule has 0 aliphatic heterocycles. The minimum atomic E-state index is -0.640. The first kappa shape index (κ1) is 17.3. The van der Waals surface area contributed by atoms with Gasteiger partial charge in [-0.15, -0.1) is 0 Å². The minimum Gasteiger partial charge on any atom is -0.380 e. The fraction of sp³-hybridized carbons (Fsp3) is 0.111. The molecular weight excluding hydrogens is 336 g/mol. The number of nitrogens with zero attached hydrogens (tertiary/aromatic N) is 1. The van der Waals surface area contributed by atoms with Gasteiger partial charge in [0.05, 0.1) is 12.0 Å². The van der Waals surface area contributed by atoms with Gasteiger partial charge in [-0.2, -0.15) is 5.10 Å². The number of ether oxygens (including phenoxy) is 1. The van der Waals surface area contributed by atoms with Crippen LogP contribution in [0.3, 0.4) is 0 Å². The van der Waals surface area contributed by atoms with E-state index in [1.807, 2.05) is 6.07 Å². The number of aromatic nitrogens is 2. The van der Waals surface area contributed by atoms with Crippen molar-refractivity contribution >= 4 is 22.6 Å². The molecule has 0 radical (unpaired) electrons. The summed E-state index contributed by atoms with van der Waals surface area (Å²) in [6, 6.07) is 13.4. The van der Waals surface area contributed by atoms with E-state index in [9.17, 15) is 14.4 Å². The zero-order valence-electron chi connectivity index (χ0n) is 13.9. The Hall–Kier alpha value is -3.52. The molecule has 3 rings (SSSR count). The molecule has 0 aliphatic rings. The highest BCUT2D eigenvalue weighted by atomic mass is 16.5. The van der Waals surface area contributed by atoms with Crippen molar-refractivity contribution in [2.45, 2.75) is 6.61 Å². The van der Waals surface area contributed by atoms with Gasteiger partial charge in [-0.1, -0.05) is 30.3 Å². The van der Waals surface area contributed by atoms with E-state index in [4.69, 9.17) is 4.74 Å². The van der Waals surface area contributed by atoms with E-state index in [-0.39, 0.29) is 5.69 Å². The molecule has 0 saturated carbocycles. The summed E-state index contributed by atoms with van der Waals surface area (Å²) in [6.45, 7) is 0.376. The van der Waals surface area contributed by atoms with E-state index in [1.54, 1.807) is 49.6 Å². The first-order valence-corrected chi connectivity index (χ1v) is 7.76. The highest BCUT2D eigenvalue weighted by molar-refractivity contribution is 6.05. The summed E-state index contributed by atoms with van der Waals surface area (Å²) in [4.78, 5) is 36.3. The van der Waals surface area contributed by atoms with Crippen molar-refractivity contribution in [3.8, 4) is 0 Å². The second kappa shape index (κ2) is 7.58. The zero-order chi connectivity index (χ0) is 18.5. The number of hydrogen-bond acceptors (Lipinski definition) is 5. The fourth-order valence-electron chi connectivity index (χ4n) is 2.50. The van der Waals surface area contributed by atoms with Crippen LogP contribution in [0.15, 0.2) is 53.3 Å². The average molecular weight is 352 g/mol. The van der Waals surface area contributed by atoms with Crippen LogP contribution in [0.2, 0.25) is 0 Å². The summed E-state index contributed by atoms with van der Waals surface area (Å²) in [5, 5.41) is 6.78. The predicted octanol–water partition coefficient (Wildman–Crippen LogP) is 1.14. The van der Waals surface area contributed by atoms with Crippen molar-refractivity contribution in [1.29, 1.82) is 0 Å². The van der Waals surface area contributed by atoms with Gasteiger partial charge in [-0.05, 0) is 23.8 Å². The number of carbonyl (C=O) groups is 2. The Morgan fingerprint density at radius 3 is 2.54 bits per heavy atom. The molecule has 1 heterocycles. The van der Waals surface area contributed by atoms with Crippen LogP contribution in [0.25, 0.3) is 10.8 Å². The third-order valence-corrected chi connectivity index (χ3v) is 3.70. The van der Waals surface area contributed by atoms with Crippen molar-refractivity contribution in [1.82, 2.24) is 21.0 Å². The Morgan fingerprint density at radius 2 is 1.77 bits per heavy atom. The molecule has 2 amide bonds. The van der Waals surface area contributed by atoms with Crippen LogP contribution in [-0.2, 0) is 11.3 Å². The Kier molecular flexibility index (Phi) is 5.04. The lowest BCUT2D eigenvalue weighted by atomic mass is 10.1. The molecular formula is C18H16N4O4. The van der Waals surface area contributed by atoms with E-state index in [2.05, 4.69) is 21.0 Å². The molecule has 8 heteroatoms. The van der Waals surface area contributed by atoms with Crippen molar-refractivity contribution in [2.75, 3.05) is 7.11 Å². The summed E-state index contributed by atoms with van der Waals surface area (Å²) in [6.07, 6.45) is 0. The number of hydrogen-bond donors (Lipinski definition) is 3. The molecule has 8 nitrogen and oxygen atoms in total. The number of aromatic amines is 1.